The third-order valence-electron chi connectivity index (χ3n) is 5.29. The molecule has 1 atom stereocenters. The largest absolute Gasteiger partial charge is 0.359 e. The minimum atomic E-state index is -2.19. The Balaban J connectivity index is 1.75. The molecule has 30 heavy (non-hydrogen) atoms. The van der Waals surface area contributed by atoms with Crippen LogP contribution < -0.4 is 15.5 Å². The van der Waals surface area contributed by atoms with Crippen LogP contribution in [0.5, 0.6) is 0 Å². The van der Waals surface area contributed by atoms with Crippen LogP contribution in [0.1, 0.15) is 23.6 Å². The normalized spacial score (nSPS) is 17.8. The summed E-state index contributed by atoms with van der Waals surface area (Å²) in [5, 5.41) is 17.3. The predicted molar refractivity (Wildman–Crippen MR) is 116 cm³/mol. The maximum Gasteiger partial charge on any atom is 0.329 e. The van der Waals surface area contributed by atoms with Gasteiger partial charge in [0.15, 0.2) is 0 Å². The summed E-state index contributed by atoms with van der Waals surface area (Å²) in [4.78, 5) is 27.4. The lowest BCUT2D eigenvalue weighted by Gasteiger charge is -2.42. The van der Waals surface area contributed by atoms with Crippen molar-refractivity contribution in [3.63, 3.8) is 0 Å². The molecule has 6 heteroatoms. The van der Waals surface area contributed by atoms with Crippen molar-refractivity contribution in [3.05, 3.63) is 95.6 Å². The van der Waals surface area contributed by atoms with E-state index in [0.29, 0.717) is 16.9 Å². The van der Waals surface area contributed by atoms with E-state index < -0.39 is 17.7 Å². The summed E-state index contributed by atoms with van der Waals surface area (Å²) in [6.07, 6.45) is 0.844. The zero-order valence-corrected chi connectivity index (χ0v) is 16.6. The van der Waals surface area contributed by atoms with Crippen molar-refractivity contribution < 1.29 is 14.7 Å². The van der Waals surface area contributed by atoms with E-state index in [2.05, 4.69) is 10.6 Å². The molecule has 0 spiro atoms. The first-order chi connectivity index (χ1) is 14.5. The van der Waals surface area contributed by atoms with Crippen LogP contribution in [0.25, 0.3) is 0 Å². The molecule has 152 valence electrons. The van der Waals surface area contributed by atoms with Gasteiger partial charge in [-0.05, 0) is 35.7 Å². The van der Waals surface area contributed by atoms with E-state index in [-0.39, 0.29) is 6.54 Å². The Morgan fingerprint density at radius 2 is 1.63 bits per heavy atom. The molecular weight excluding hydrogens is 378 g/mol. The van der Waals surface area contributed by atoms with Gasteiger partial charge >= 0.3 is 6.03 Å². The van der Waals surface area contributed by atoms with E-state index in [0.717, 1.165) is 22.4 Å². The van der Waals surface area contributed by atoms with E-state index in [4.69, 9.17) is 0 Å². The SMILES string of the molecule is CCc1ccc(N2C(=O)Nc3ccccc3[C@]2(O)C(=O)NCc2ccccc2)cc1. The monoisotopic (exact) mass is 401 g/mol. The number of carbonyl (C=O) groups excluding carboxylic acids is 2. The molecule has 3 aromatic carbocycles. The lowest BCUT2D eigenvalue weighted by Crippen LogP contribution is -2.62. The molecule has 3 N–H and O–H groups in total. The van der Waals surface area contributed by atoms with Gasteiger partial charge in [0.05, 0.1) is 5.69 Å². The molecule has 4 rings (SSSR count). The van der Waals surface area contributed by atoms with Crippen molar-refractivity contribution in [1.82, 2.24) is 5.32 Å². The molecule has 3 aromatic rings. The zero-order chi connectivity index (χ0) is 21.1. The van der Waals surface area contributed by atoms with Crippen LogP contribution in [0.3, 0.4) is 0 Å². The number of nitrogens with one attached hydrogen (secondary N) is 2. The fourth-order valence-electron chi connectivity index (χ4n) is 3.64. The molecule has 0 saturated heterocycles. The topological polar surface area (TPSA) is 81.7 Å². The van der Waals surface area contributed by atoms with Gasteiger partial charge in [-0.2, -0.15) is 0 Å². The van der Waals surface area contributed by atoms with E-state index in [1.54, 1.807) is 36.4 Å². The van der Waals surface area contributed by atoms with Gasteiger partial charge in [0.2, 0.25) is 0 Å². The fourth-order valence-corrected chi connectivity index (χ4v) is 3.64. The zero-order valence-electron chi connectivity index (χ0n) is 16.6. The van der Waals surface area contributed by atoms with Gasteiger partial charge < -0.3 is 15.7 Å². The van der Waals surface area contributed by atoms with Crippen LogP contribution in [0.4, 0.5) is 16.2 Å². The Bertz CT molecular complexity index is 1070. The minimum Gasteiger partial charge on any atom is -0.359 e. The minimum absolute atomic E-state index is 0.231. The van der Waals surface area contributed by atoms with Gasteiger partial charge in [0, 0.05) is 17.8 Å². The lowest BCUT2D eigenvalue weighted by molar-refractivity contribution is -0.140. The summed E-state index contributed by atoms with van der Waals surface area (Å²) in [7, 11) is 0. The molecule has 3 amide bonds. The number of anilines is 2. The first-order valence-electron chi connectivity index (χ1n) is 9.88. The summed E-state index contributed by atoms with van der Waals surface area (Å²) >= 11 is 0. The number of urea groups is 1. The first-order valence-corrected chi connectivity index (χ1v) is 9.88. The standard InChI is InChI=1S/C24H23N3O3/c1-2-17-12-14-19(15-13-17)27-23(29)26-21-11-7-6-10-20(21)24(27,30)22(28)25-16-18-8-4-3-5-9-18/h3-15,30H,2,16H2,1H3,(H,25,28)(H,26,29)/t24-/m0/s1. The predicted octanol–water partition coefficient (Wildman–Crippen LogP) is 3.76. The highest BCUT2D eigenvalue weighted by atomic mass is 16.3. The Morgan fingerprint density at radius 3 is 2.33 bits per heavy atom. The molecule has 0 fully saturated rings. The van der Waals surface area contributed by atoms with Gasteiger partial charge in [-0.25, -0.2) is 4.79 Å². The van der Waals surface area contributed by atoms with Gasteiger partial charge in [-0.1, -0.05) is 67.6 Å². The second-order valence-electron chi connectivity index (χ2n) is 7.17. The fraction of sp³-hybridized carbons (Fsp3) is 0.167. The molecule has 6 nitrogen and oxygen atoms in total. The smallest absolute Gasteiger partial charge is 0.329 e. The molecule has 0 bridgehead atoms. The Morgan fingerprint density at radius 1 is 0.967 bits per heavy atom. The van der Waals surface area contributed by atoms with Gasteiger partial charge in [0.1, 0.15) is 0 Å². The van der Waals surface area contributed by atoms with Crippen molar-refractivity contribution in [1.29, 1.82) is 0 Å². The molecule has 1 aliphatic rings. The molecular formula is C24H23N3O3. The number of aliphatic hydroxyl groups is 1. The van der Waals surface area contributed by atoms with E-state index >= 15 is 0 Å². The summed E-state index contributed by atoms with van der Waals surface area (Å²) in [6, 6.07) is 22.8. The number of hydrogen-bond donors (Lipinski definition) is 3. The number of rotatable bonds is 5. The maximum atomic E-state index is 13.3. The summed E-state index contributed by atoms with van der Waals surface area (Å²) < 4.78 is 0. The Hall–Kier alpha value is -3.64. The van der Waals surface area contributed by atoms with Crippen LogP contribution >= 0.6 is 0 Å². The van der Waals surface area contributed by atoms with Crippen LogP contribution in [0.15, 0.2) is 78.9 Å². The number of para-hydroxylation sites is 1. The lowest BCUT2D eigenvalue weighted by atomic mass is 9.94. The Labute approximate surface area is 175 Å². The third-order valence-corrected chi connectivity index (χ3v) is 5.29. The van der Waals surface area contributed by atoms with Crippen molar-refractivity contribution >= 4 is 23.3 Å². The number of hydrogen-bond acceptors (Lipinski definition) is 3. The molecule has 0 aliphatic carbocycles. The van der Waals surface area contributed by atoms with Crippen LogP contribution in [0, 0.1) is 0 Å². The molecule has 1 heterocycles. The van der Waals surface area contributed by atoms with Crippen LogP contribution in [-0.4, -0.2) is 17.0 Å². The Kier molecular flexibility index (Phi) is 5.25. The number of benzene rings is 3. The second-order valence-corrected chi connectivity index (χ2v) is 7.17. The van der Waals surface area contributed by atoms with Gasteiger partial charge in [-0.3, -0.25) is 9.69 Å². The average Bonchev–Trinajstić information content (AvgIpc) is 2.78. The average molecular weight is 401 g/mol. The maximum absolute atomic E-state index is 13.3. The van der Waals surface area contributed by atoms with Crippen molar-refractivity contribution in [2.24, 2.45) is 0 Å². The highest BCUT2D eigenvalue weighted by Gasteiger charge is 2.51. The van der Waals surface area contributed by atoms with E-state index in [9.17, 15) is 14.7 Å². The molecule has 1 aliphatic heterocycles. The number of amides is 3. The third kappa shape index (κ3) is 3.42. The quantitative estimate of drug-likeness (QED) is 0.609. The van der Waals surface area contributed by atoms with Gasteiger partial charge in [0.25, 0.3) is 11.6 Å². The number of carbonyl (C=O) groups is 2. The summed E-state index contributed by atoms with van der Waals surface area (Å²) in [6.45, 7) is 2.26. The highest BCUT2D eigenvalue weighted by molar-refractivity contribution is 6.11. The first kappa shape index (κ1) is 19.7. The van der Waals surface area contributed by atoms with Crippen molar-refractivity contribution in [3.8, 4) is 0 Å². The van der Waals surface area contributed by atoms with Crippen molar-refractivity contribution in [2.45, 2.75) is 25.6 Å². The number of nitrogens with zero attached hydrogens (tertiary/aromatic N) is 1. The van der Waals surface area contributed by atoms with E-state index in [1.165, 1.54) is 0 Å². The molecule has 0 aromatic heterocycles. The van der Waals surface area contributed by atoms with Crippen molar-refractivity contribution in [2.75, 3.05) is 10.2 Å². The highest BCUT2D eigenvalue weighted by Crippen LogP contribution is 2.39. The number of fused-ring (bicyclic) bond motifs is 1. The van der Waals surface area contributed by atoms with Crippen LogP contribution in [0.2, 0.25) is 0 Å². The van der Waals surface area contributed by atoms with Gasteiger partial charge in [-0.15, -0.1) is 0 Å². The summed E-state index contributed by atoms with van der Waals surface area (Å²) in [5.41, 5.74) is 0.935. The van der Waals surface area contributed by atoms with E-state index in [1.807, 2.05) is 49.4 Å². The molecule has 0 saturated carbocycles. The van der Waals surface area contributed by atoms with Crippen LogP contribution in [-0.2, 0) is 23.5 Å². The molecule has 0 unspecified atom stereocenters. The summed E-state index contributed by atoms with van der Waals surface area (Å²) in [5.74, 6) is -0.673. The molecule has 0 radical (unpaired) electrons. The number of aryl methyl sites for hydroxylation is 1. The second kappa shape index (κ2) is 8.00.